The number of ether oxygens (including phenoxy) is 2. The van der Waals surface area contributed by atoms with E-state index in [0.29, 0.717) is 37.2 Å². The van der Waals surface area contributed by atoms with Gasteiger partial charge in [0, 0.05) is 93.3 Å². The number of aryl methyl sites for hydroxylation is 2. The van der Waals surface area contributed by atoms with Crippen LogP contribution in [0, 0.1) is 30.6 Å². The molecule has 1 fully saturated rings. The summed E-state index contributed by atoms with van der Waals surface area (Å²) in [4.78, 5) is 42.0. The zero-order chi connectivity index (χ0) is 62.2. The van der Waals surface area contributed by atoms with E-state index in [4.69, 9.17) is 26.1 Å². The second kappa shape index (κ2) is 39.6. The topological polar surface area (TPSA) is 105 Å². The predicted octanol–water partition coefficient (Wildman–Crippen LogP) is 18.9. The van der Waals surface area contributed by atoms with Gasteiger partial charge in [0.1, 0.15) is 0 Å². The second-order valence-corrected chi connectivity index (χ2v) is 23.7. The summed E-state index contributed by atoms with van der Waals surface area (Å²) in [5.41, 5.74) is 11.5. The number of hydrogen-bond acceptors (Lipinski definition) is 8. The Hall–Kier alpha value is -5.87. The second-order valence-electron chi connectivity index (χ2n) is 23.3. The van der Waals surface area contributed by atoms with Gasteiger partial charge >= 0.3 is 0 Å². The van der Waals surface area contributed by atoms with Gasteiger partial charge < -0.3 is 24.4 Å². The predicted molar refractivity (Wildman–Crippen MR) is 355 cm³/mol. The number of halogens is 1. The highest BCUT2D eigenvalue weighted by Crippen LogP contribution is 2.34. The molecule has 1 aromatic heterocycles. The smallest absolute Gasteiger partial charge is 0.255 e. The Kier molecular flexibility index (Phi) is 35.0. The first kappa shape index (κ1) is 73.2. The molecule has 5 rings (SSSR count). The highest BCUT2D eigenvalue weighted by molar-refractivity contribution is 6.31. The van der Waals surface area contributed by atoms with Crippen molar-refractivity contribution in [2.24, 2.45) is 28.7 Å². The van der Waals surface area contributed by atoms with Crippen LogP contribution < -0.4 is 0 Å². The third kappa shape index (κ3) is 25.9. The van der Waals surface area contributed by atoms with Gasteiger partial charge in [-0.3, -0.25) is 19.6 Å². The number of rotatable bonds is 26. The zero-order valence-corrected chi connectivity index (χ0v) is 55.0. The number of aliphatic hydroxyl groups excluding tert-OH is 1. The van der Waals surface area contributed by atoms with Crippen molar-refractivity contribution in [2.45, 2.75) is 173 Å². The summed E-state index contributed by atoms with van der Waals surface area (Å²) < 4.78 is 10.8. The number of benzene rings is 3. The first-order valence-corrected chi connectivity index (χ1v) is 31.0. The van der Waals surface area contributed by atoms with Gasteiger partial charge in [-0.1, -0.05) is 186 Å². The van der Waals surface area contributed by atoms with E-state index in [9.17, 15) is 14.7 Å². The SMILES string of the molecule is C=C(C)/C(=C(/C)O)c1ccc(C)c(N=C(CCc2ccc(C(C)C)c(Cl)c2)C(C)C)c1.C=C/C(C)=C\C(=C/N(C)C)C(=O)N(CC(c1ccccc1)c1ccccn1)C(C(=O)C(C)C)C1CCOCC1.CCC(C)CC.CCCOCCC. The molecule has 2 heterocycles. The molecule has 2 unspecified atom stereocenters. The van der Waals surface area contributed by atoms with Gasteiger partial charge in [0.05, 0.1) is 23.1 Å². The number of hydrogen-bond donors (Lipinski definition) is 1. The molecule has 83 heavy (non-hydrogen) atoms. The van der Waals surface area contributed by atoms with E-state index >= 15 is 0 Å². The number of carbonyl (C=O) groups is 2. The summed E-state index contributed by atoms with van der Waals surface area (Å²) >= 11 is 6.49. The molecular formula is C73H107ClN4O5. The molecule has 0 aliphatic carbocycles. The van der Waals surface area contributed by atoms with Gasteiger partial charge in [-0.25, -0.2) is 0 Å². The Morgan fingerprint density at radius 3 is 1.96 bits per heavy atom. The highest BCUT2D eigenvalue weighted by Gasteiger charge is 2.40. The third-order valence-corrected chi connectivity index (χ3v) is 15.1. The third-order valence-electron chi connectivity index (χ3n) is 14.8. The molecule has 0 saturated carbocycles. The number of pyridine rings is 1. The van der Waals surface area contributed by atoms with Crippen molar-refractivity contribution in [3.63, 3.8) is 0 Å². The zero-order valence-electron chi connectivity index (χ0n) is 54.3. The lowest BCUT2D eigenvalue weighted by molar-refractivity contribution is -0.142. The van der Waals surface area contributed by atoms with E-state index in [1.165, 1.54) is 24.0 Å². The fourth-order valence-electron chi connectivity index (χ4n) is 9.50. The van der Waals surface area contributed by atoms with Crippen LogP contribution in [0.2, 0.25) is 5.02 Å². The summed E-state index contributed by atoms with van der Waals surface area (Å²) in [5, 5.41) is 11.0. The van der Waals surface area contributed by atoms with Crippen molar-refractivity contribution < 1.29 is 24.2 Å². The number of Topliss-reactive ketones (excluding diaryl/α,β-unsaturated/α-hetero) is 1. The van der Waals surface area contributed by atoms with Crippen LogP contribution in [0.15, 0.2) is 150 Å². The maximum Gasteiger partial charge on any atom is 0.255 e. The maximum absolute atomic E-state index is 14.6. The van der Waals surface area contributed by atoms with Crippen LogP contribution in [-0.4, -0.2) is 90.4 Å². The van der Waals surface area contributed by atoms with Gasteiger partial charge in [0.15, 0.2) is 5.78 Å². The van der Waals surface area contributed by atoms with Crippen molar-refractivity contribution in [2.75, 3.05) is 47.1 Å². The van der Waals surface area contributed by atoms with Crippen molar-refractivity contribution in [3.05, 3.63) is 184 Å². The van der Waals surface area contributed by atoms with Crippen LogP contribution in [0.1, 0.15) is 187 Å². The first-order valence-electron chi connectivity index (χ1n) is 30.6. The molecule has 1 amide bonds. The molecule has 9 nitrogen and oxygen atoms in total. The molecule has 1 saturated heterocycles. The van der Waals surface area contributed by atoms with E-state index in [-0.39, 0.29) is 35.2 Å². The Morgan fingerprint density at radius 1 is 0.855 bits per heavy atom. The quantitative estimate of drug-likeness (QED) is 0.0220. The lowest BCUT2D eigenvalue weighted by Crippen LogP contribution is -2.53. The average Bonchev–Trinajstić information content (AvgIpc) is 3.62. The summed E-state index contributed by atoms with van der Waals surface area (Å²) in [6.45, 7) is 42.4. The Bertz CT molecular complexity index is 2650. The number of nitrogens with zero attached hydrogens (tertiary/aromatic N) is 4. The van der Waals surface area contributed by atoms with Crippen LogP contribution in [0.5, 0.6) is 0 Å². The van der Waals surface area contributed by atoms with Gasteiger partial charge in [-0.05, 0) is 154 Å². The molecule has 1 aliphatic heterocycles. The maximum atomic E-state index is 14.6. The molecule has 10 heteroatoms. The Labute approximate surface area is 509 Å². The molecular weight excluding hydrogens is 1050 g/mol. The summed E-state index contributed by atoms with van der Waals surface area (Å²) in [6, 6.07) is 27.9. The minimum absolute atomic E-state index is 0.0165. The molecule has 0 radical (unpaired) electrons. The monoisotopic (exact) mass is 1150 g/mol. The molecule has 1 aliphatic rings. The largest absolute Gasteiger partial charge is 0.512 e. The number of amides is 1. The van der Waals surface area contributed by atoms with E-state index in [0.717, 1.165) is 113 Å². The minimum atomic E-state index is -0.570. The van der Waals surface area contributed by atoms with Crippen molar-refractivity contribution in [3.8, 4) is 0 Å². The van der Waals surface area contributed by atoms with Crippen LogP contribution in [0.25, 0.3) is 5.57 Å². The highest BCUT2D eigenvalue weighted by atomic mass is 35.5. The molecule has 1 N–H and O–H groups in total. The molecule has 3 aromatic carbocycles. The van der Waals surface area contributed by atoms with Gasteiger partial charge in [0.2, 0.25) is 0 Å². The van der Waals surface area contributed by atoms with Crippen LogP contribution in [0.4, 0.5) is 5.69 Å². The number of allylic oxidation sites excluding steroid dienone is 5. The number of aromatic nitrogens is 1. The number of ketones is 1. The van der Waals surface area contributed by atoms with E-state index < -0.39 is 6.04 Å². The van der Waals surface area contributed by atoms with Gasteiger partial charge in [0.25, 0.3) is 5.91 Å². The van der Waals surface area contributed by atoms with Crippen LogP contribution in [-0.2, 0) is 25.5 Å². The molecule has 456 valence electrons. The number of aliphatic imine (C=N–C) groups is 1. The number of carbonyl (C=O) groups excluding carboxylic acids is 2. The normalized spacial score (nSPS) is 14.1. The van der Waals surface area contributed by atoms with Gasteiger partial charge in [-0.15, -0.1) is 0 Å². The molecule has 0 bridgehead atoms. The summed E-state index contributed by atoms with van der Waals surface area (Å²) in [5.74, 6) is 1.47. The molecule has 4 aromatic rings. The fourth-order valence-corrected chi connectivity index (χ4v) is 9.92. The Morgan fingerprint density at radius 2 is 1.48 bits per heavy atom. The first-order chi connectivity index (χ1) is 39.5. The van der Waals surface area contributed by atoms with E-state index in [1.807, 2.05) is 106 Å². The van der Waals surface area contributed by atoms with E-state index in [1.54, 1.807) is 19.2 Å². The van der Waals surface area contributed by atoms with Crippen LogP contribution >= 0.6 is 11.6 Å². The lowest BCUT2D eigenvalue weighted by atomic mass is 9.83. The standard InChI is InChI=1S/C33H43N3O3.C28H36ClNO.C6H14O.C6H14/c1-7-25(4)21-28(22-35(5)6)33(38)36(31(32(37)24(2)3)27-16-19-39-20-17-27)23-29(26-13-9-8-10-14-26)30-15-11-12-18-34-30;1-17(2)24-13-10-22(15-25(24)29)11-14-26(18(3)4)30-27-16-23(12-9-20(27)7)28(19(5)6)21(8)31;1-3-5-7-6-4-2;1-4-6(3)5-2/h7-15,18,21-22,24,27,29,31H,1,16-17,19-20,23H2,2-6H3;9-10,12-13,15-18,31H,5,11,14H2,1-4,6-8H3;3-6H2,1-2H3;6H,4-5H2,1-3H3/b25-21-,28-22+;28-21+,30-26?;;. The van der Waals surface area contributed by atoms with E-state index in [2.05, 4.69) is 130 Å². The molecule has 0 spiro atoms. The summed E-state index contributed by atoms with van der Waals surface area (Å²) in [6.07, 6.45) is 15.4. The minimum Gasteiger partial charge on any atom is -0.512 e. The van der Waals surface area contributed by atoms with Crippen molar-refractivity contribution in [1.82, 2.24) is 14.8 Å². The average molecular weight is 1160 g/mol. The van der Waals surface area contributed by atoms with Crippen molar-refractivity contribution in [1.29, 1.82) is 0 Å². The van der Waals surface area contributed by atoms with Gasteiger partial charge in [-0.2, -0.15) is 0 Å². The number of aliphatic hydroxyl groups is 1. The molecule has 2 atom stereocenters. The van der Waals surface area contributed by atoms with Crippen LogP contribution in [0.3, 0.4) is 0 Å². The fraction of sp³-hybridized carbons (Fsp3) is 0.507. The Balaban J connectivity index is 0.000000474. The lowest BCUT2D eigenvalue weighted by Gasteiger charge is -2.40. The summed E-state index contributed by atoms with van der Waals surface area (Å²) in [7, 11) is 3.79. The van der Waals surface area contributed by atoms with Crippen molar-refractivity contribution >= 4 is 40.3 Å².